The summed E-state index contributed by atoms with van der Waals surface area (Å²) in [6.07, 6.45) is -1.99. The number of carbonyl (C=O) groups excluding carboxylic acids is 5. The molecule has 13 nitrogen and oxygen atoms in total. The maximum atomic E-state index is 14.1. The van der Waals surface area contributed by atoms with Crippen molar-refractivity contribution < 1.29 is 61.9 Å². The van der Waals surface area contributed by atoms with E-state index < -0.39 is 87.6 Å². The Balaban J connectivity index is 2.33. The normalized spacial score (nSPS) is 40.4. The van der Waals surface area contributed by atoms with Gasteiger partial charge < -0.3 is 37.9 Å². The van der Waals surface area contributed by atoms with Crippen molar-refractivity contribution in [3.63, 3.8) is 0 Å². The van der Waals surface area contributed by atoms with Crippen molar-refractivity contribution in [1.82, 2.24) is 0 Å². The molecule has 9 atom stereocenters. The van der Waals surface area contributed by atoms with Gasteiger partial charge in [0.15, 0.2) is 11.2 Å². The van der Waals surface area contributed by atoms with Crippen molar-refractivity contribution in [3.8, 4) is 0 Å². The zero-order valence-electron chi connectivity index (χ0n) is 24.9. The van der Waals surface area contributed by atoms with Gasteiger partial charge in [0.05, 0.1) is 25.9 Å². The van der Waals surface area contributed by atoms with E-state index in [1.165, 1.54) is 35.2 Å². The van der Waals surface area contributed by atoms with E-state index in [1.807, 2.05) is 6.92 Å². The molecule has 0 N–H and O–H groups in total. The Bertz CT molecular complexity index is 1080. The Morgan fingerprint density at radius 2 is 1.32 bits per heavy atom. The van der Waals surface area contributed by atoms with E-state index in [4.69, 9.17) is 33.2 Å². The Labute approximate surface area is 233 Å². The highest BCUT2D eigenvalue weighted by molar-refractivity contribution is 6.39. The molecule has 13 heteroatoms. The molecule has 1 unspecified atom stereocenters. The molecule has 3 heterocycles. The Kier molecular flexibility index (Phi) is 8.36. The SMILES string of the molecule is COC(=O)C(=O)[C@@]1([C@H](C)[C@@]23CC(OC)(OC)C(C)(O2)[C@@H](OC)[C@@H]3C)O[C@@](C)(C(=O)C(=O)OC)[C@H](OC(C)=O)[C@H]1C. The molecule has 0 saturated carbocycles. The topological polar surface area (TPSA) is 159 Å². The number of ether oxygens (including phenoxy) is 8. The first-order valence-electron chi connectivity index (χ1n) is 13.0. The number of fused-ring (bicyclic) bond motifs is 2. The number of Topliss-reactive ketones (excluding diaryl/α,β-unsaturated/α-hetero) is 2. The number of carbonyl (C=O) groups is 5. The minimum absolute atomic E-state index is 0.0812. The molecule has 0 amide bonds. The van der Waals surface area contributed by atoms with Crippen LogP contribution in [0, 0.1) is 17.8 Å². The Morgan fingerprint density at radius 1 is 0.800 bits per heavy atom. The van der Waals surface area contributed by atoms with Gasteiger partial charge in [-0.15, -0.1) is 0 Å². The maximum Gasteiger partial charge on any atom is 0.377 e. The first-order chi connectivity index (χ1) is 18.5. The smallest absolute Gasteiger partial charge is 0.377 e. The molecule has 226 valence electrons. The summed E-state index contributed by atoms with van der Waals surface area (Å²) in [5.41, 5.74) is -6.88. The van der Waals surface area contributed by atoms with E-state index >= 15 is 0 Å². The van der Waals surface area contributed by atoms with Crippen molar-refractivity contribution in [2.24, 2.45) is 17.8 Å². The fourth-order valence-electron chi connectivity index (χ4n) is 7.62. The van der Waals surface area contributed by atoms with Crippen molar-refractivity contribution in [2.75, 3.05) is 35.5 Å². The lowest BCUT2D eigenvalue weighted by atomic mass is 9.59. The van der Waals surface area contributed by atoms with Crippen LogP contribution in [0.2, 0.25) is 0 Å². The fourth-order valence-corrected chi connectivity index (χ4v) is 7.62. The van der Waals surface area contributed by atoms with E-state index in [1.54, 1.807) is 13.8 Å². The number of hydrogen-bond acceptors (Lipinski definition) is 13. The lowest BCUT2D eigenvalue weighted by Crippen LogP contribution is -2.66. The van der Waals surface area contributed by atoms with Gasteiger partial charge in [-0.1, -0.05) is 20.8 Å². The van der Waals surface area contributed by atoms with Crippen LogP contribution < -0.4 is 0 Å². The van der Waals surface area contributed by atoms with E-state index in [9.17, 15) is 24.0 Å². The number of esters is 3. The number of methoxy groups -OCH3 is 5. The van der Waals surface area contributed by atoms with E-state index in [-0.39, 0.29) is 6.42 Å². The van der Waals surface area contributed by atoms with Crippen molar-refractivity contribution in [1.29, 1.82) is 0 Å². The quantitative estimate of drug-likeness (QED) is 0.156. The molecule has 3 aliphatic heterocycles. The number of ketones is 2. The van der Waals surface area contributed by atoms with Gasteiger partial charge in [0.2, 0.25) is 5.79 Å². The van der Waals surface area contributed by atoms with Gasteiger partial charge in [0.1, 0.15) is 11.7 Å². The van der Waals surface area contributed by atoms with E-state index in [0.29, 0.717) is 0 Å². The molecule has 2 bridgehead atoms. The van der Waals surface area contributed by atoms with Crippen molar-refractivity contribution >= 4 is 29.5 Å². The summed E-state index contributed by atoms with van der Waals surface area (Å²) >= 11 is 0. The largest absolute Gasteiger partial charge is 0.463 e. The molecule has 3 saturated heterocycles. The van der Waals surface area contributed by atoms with Gasteiger partial charge in [0.25, 0.3) is 11.6 Å². The predicted octanol–water partition coefficient (Wildman–Crippen LogP) is 0.774. The first-order valence-corrected chi connectivity index (χ1v) is 13.0. The average Bonchev–Trinajstić information content (AvgIpc) is 3.43. The molecule has 3 rings (SSSR count). The zero-order valence-corrected chi connectivity index (χ0v) is 24.9. The lowest BCUT2D eigenvalue weighted by molar-refractivity contribution is -0.289. The monoisotopic (exact) mass is 572 g/mol. The van der Waals surface area contributed by atoms with Crippen LogP contribution in [-0.4, -0.2) is 105 Å². The molecule has 0 aromatic carbocycles. The van der Waals surface area contributed by atoms with Crippen molar-refractivity contribution in [3.05, 3.63) is 0 Å². The highest BCUT2D eigenvalue weighted by atomic mass is 16.7. The van der Waals surface area contributed by atoms with Crippen LogP contribution in [0.25, 0.3) is 0 Å². The minimum Gasteiger partial charge on any atom is -0.463 e. The zero-order chi connectivity index (χ0) is 30.6. The molecule has 0 aromatic rings. The summed E-state index contributed by atoms with van der Waals surface area (Å²) in [4.78, 5) is 65.1. The maximum absolute atomic E-state index is 14.1. The summed E-state index contributed by atoms with van der Waals surface area (Å²) in [5.74, 6) is -9.64. The molecular formula is C27H40O13. The molecule has 3 fully saturated rings. The fraction of sp³-hybridized carbons (Fsp3) is 0.815. The van der Waals surface area contributed by atoms with E-state index in [0.717, 1.165) is 21.1 Å². The predicted molar refractivity (Wildman–Crippen MR) is 134 cm³/mol. The van der Waals surface area contributed by atoms with Crippen LogP contribution in [0.15, 0.2) is 0 Å². The van der Waals surface area contributed by atoms with Crippen LogP contribution in [-0.2, 0) is 61.9 Å². The third kappa shape index (κ3) is 3.88. The number of hydrogen-bond donors (Lipinski definition) is 0. The standard InChI is InChI=1S/C27H40O13/c1-13-20(33-7)24(6)26(36-10,37-11)12-25(13,40-24)15(3)27(18(30)22(32)35-9)14(2)19(38-16(4)28)23(5,39-27)17(29)21(31)34-8/h13-15,19-20H,12H2,1-11H3/t13-,14+,15+,19+,20-,23-,24?,25-,27+/m0/s1. The van der Waals surface area contributed by atoms with Crippen LogP contribution >= 0.6 is 0 Å². The molecule has 0 spiro atoms. The summed E-state index contributed by atoms with van der Waals surface area (Å²) in [6.45, 7) is 9.10. The van der Waals surface area contributed by atoms with Gasteiger partial charge in [-0.2, -0.15) is 0 Å². The second-order valence-corrected chi connectivity index (χ2v) is 11.1. The summed E-state index contributed by atoms with van der Waals surface area (Å²) in [7, 11) is 6.47. The average molecular weight is 573 g/mol. The minimum atomic E-state index is -2.21. The molecule has 40 heavy (non-hydrogen) atoms. The van der Waals surface area contributed by atoms with Crippen LogP contribution in [0.5, 0.6) is 0 Å². The number of rotatable bonds is 10. The van der Waals surface area contributed by atoms with Gasteiger partial charge in [-0.05, 0) is 13.8 Å². The van der Waals surface area contributed by atoms with Crippen LogP contribution in [0.3, 0.4) is 0 Å². The van der Waals surface area contributed by atoms with Crippen molar-refractivity contribution in [2.45, 2.75) is 88.4 Å². The van der Waals surface area contributed by atoms with Gasteiger partial charge >= 0.3 is 17.9 Å². The van der Waals surface area contributed by atoms with Gasteiger partial charge in [0, 0.05) is 52.4 Å². The Morgan fingerprint density at radius 3 is 1.77 bits per heavy atom. The third-order valence-electron chi connectivity index (χ3n) is 9.62. The molecular weight excluding hydrogens is 532 g/mol. The molecule has 0 aliphatic carbocycles. The summed E-state index contributed by atoms with van der Waals surface area (Å²) in [6, 6.07) is 0. The second-order valence-electron chi connectivity index (χ2n) is 11.1. The highest BCUT2D eigenvalue weighted by Crippen LogP contribution is 2.67. The highest BCUT2D eigenvalue weighted by Gasteiger charge is 2.82. The van der Waals surface area contributed by atoms with Gasteiger partial charge in [-0.25, -0.2) is 9.59 Å². The first kappa shape index (κ1) is 32.1. The van der Waals surface area contributed by atoms with Gasteiger partial charge in [-0.3, -0.25) is 14.4 Å². The molecule has 3 aliphatic rings. The lowest BCUT2D eigenvalue weighted by Gasteiger charge is -2.50. The molecule has 0 radical (unpaired) electrons. The summed E-state index contributed by atoms with van der Waals surface area (Å²) in [5, 5.41) is 0. The third-order valence-corrected chi connectivity index (χ3v) is 9.62. The van der Waals surface area contributed by atoms with Crippen LogP contribution in [0.4, 0.5) is 0 Å². The summed E-state index contributed by atoms with van der Waals surface area (Å²) < 4.78 is 45.6. The second kappa shape index (κ2) is 10.4. The van der Waals surface area contributed by atoms with Crippen LogP contribution in [0.1, 0.15) is 48.0 Å². The Hall–Kier alpha value is -2.45. The van der Waals surface area contributed by atoms with E-state index in [2.05, 4.69) is 4.74 Å². The molecule has 0 aromatic heterocycles.